The Balaban J connectivity index is 2.67. The van der Waals surface area contributed by atoms with Crippen molar-refractivity contribution in [3.63, 3.8) is 0 Å². The SMILES string of the molecule is COC(=O)[C@H](COSc1ncccc1[N+](=O)[O-])NC(=O)OC(C)(C)C. The molecule has 1 amide bonds. The average Bonchev–Trinajstić information content (AvgIpc) is 2.51. The van der Waals surface area contributed by atoms with Crippen molar-refractivity contribution < 1.29 is 28.2 Å². The lowest BCUT2D eigenvalue weighted by atomic mass is 10.2. The van der Waals surface area contributed by atoms with Crippen LogP contribution in [0.4, 0.5) is 10.5 Å². The summed E-state index contributed by atoms with van der Waals surface area (Å²) < 4.78 is 14.8. The molecule has 1 heterocycles. The van der Waals surface area contributed by atoms with Crippen LogP contribution in [0, 0.1) is 10.1 Å². The molecule has 0 saturated carbocycles. The summed E-state index contributed by atoms with van der Waals surface area (Å²) in [5.41, 5.74) is -0.975. The lowest BCUT2D eigenvalue weighted by Crippen LogP contribution is -2.46. The number of esters is 1. The van der Waals surface area contributed by atoms with Crippen molar-refractivity contribution in [2.75, 3.05) is 13.7 Å². The summed E-state index contributed by atoms with van der Waals surface area (Å²) in [4.78, 5) is 37.6. The van der Waals surface area contributed by atoms with Crippen LogP contribution >= 0.6 is 12.0 Å². The van der Waals surface area contributed by atoms with E-state index >= 15 is 0 Å². The number of nitrogens with zero attached hydrogens (tertiary/aromatic N) is 2. The minimum Gasteiger partial charge on any atom is -0.467 e. The Morgan fingerprint density at radius 1 is 1.44 bits per heavy atom. The molecule has 25 heavy (non-hydrogen) atoms. The van der Waals surface area contributed by atoms with Crippen molar-refractivity contribution in [1.29, 1.82) is 0 Å². The first-order valence-corrected chi connectivity index (χ1v) is 7.84. The van der Waals surface area contributed by atoms with E-state index in [2.05, 4.69) is 15.0 Å². The van der Waals surface area contributed by atoms with E-state index in [0.717, 1.165) is 7.11 Å². The summed E-state index contributed by atoms with van der Waals surface area (Å²) in [6.45, 7) is 4.72. The molecule has 11 heteroatoms. The van der Waals surface area contributed by atoms with Crippen LogP contribution in [-0.2, 0) is 18.5 Å². The van der Waals surface area contributed by atoms with Gasteiger partial charge in [-0.1, -0.05) is 0 Å². The fourth-order valence-electron chi connectivity index (χ4n) is 1.50. The lowest BCUT2D eigenvalue weighted by molar-refractivity contribution is -0.388. The van der Waals surface area contributed by atoms with Crippen LogP contribution in [0.15, 0.2) is 23.4 Å². The molecule has 1 rings (SSSR count). The van der Waals surface area contributed by atoms with Crippen LogP contribution < -0.4 is 5.32 Å². The molecule has 0 radical (unpaired) electrons. The van der Waals surface area contributed by atoms with Gasteiger partial charge < -0.3 is 19.0 Å². The maximum absolute atomic E-state index is 11.8. The first kappa shape index (κ1) is 20.6. The normalized spacial score (nSPS) is 12.2. The van der Waals surface area contributed by atoms with Gasteiger partial charge in [-0.3, -0.25) is 10.1 Å². The topological polar surface area (TPSA) is 130 Å². The third-order valence-electron chi connectivity index (χ3n) is 2.50. The summed E-state index contributed by atoms with van der Waals surface area (Å²) >= 11 is 0.619. The van der Waals surface area contributed by atoms with Crippen molar-refractivity contribution in [3.05, 3.63) is 28.4 Å². The van der Waals surface area contributed by atoms with E-state index in [1.165, 1.54) is 18.3 Å². The quantitative estimate of drug-likeness (QED) is 0.330. The molecule has 0 fully saturated rings. The van der Waals surface area contributed by atoms with Gasteiger partial charge in [0.25, 0.3) is 0 Å². The van der Waals surface area contributed by atoms with Gasteiger partial charge in [0.05, 0.1) is 30.7 Å². The smallest absolute Gasteiger partial charge is 0.408 e. The van der Waals surface area contributed by atoms with Gasteiger partial charge in [-0.05, 0) is 26.8 Å². The number of methoxy groups -OCH3 is 1. The third-order valence-corrected chi connectivity index (χ3v) is 3.22. The molecule has 0 saturated heterocycles. The number of pyridine rings is 1. The number of carbonyl (C=O) groups is 2. The maximum Gasteiger partial charge on any atom is 0.408 e. The number of alkyl carbamates (subject to hydrolysis) is 1. The van der Waals surface area contributed by atoms with Crippen LogP contribution in [0.2, 0.25) is 0 Å². The second kappa shape index (κ2) is 9.18. The number of amides is 1. The van der Waals surface area contributed by atoms with Crippen LogP contribution in [-0.4, -0.2) is 47.3 Å². The minimum absolute atomic E-state index is 0.0217. The summed E-state index contributed by atoms with van der Waals surface area (Å²) in [6, 6.07) is 1.55. The highest BCUT2D eigenvalue weighted by Crippen LogP contribution is 2.26. The predicted octanol–water partition coefficient (Wildman–Crippen LogP) is 2.08. The van der Waals surface area contributed by atoms with E-state index in [1.807, 2.05) is 0 Å². The molecule has 0 aromatic carbocycles. The Bertz CT molecular complexity index is 633. The van der Waals surface area contributed by atoms with Gasteiger partial charge in [-0.25, -0.2) is 14.6 Å². The van der Waals surface area contributed by atoms with Gasteiger partial charge in [-0.2, -0.15) is 0 Å². The first-order chi connectivity index (χ1) is 11.6. The van der Waals surface area contributed by atoms with E-state index in [4.69, 9.17) is 8.92 Å². The Kier molecular flexibility index (Phi) is 7.58. The summed E-state index contributed by atoms with van der Waals surface area (Å²) in [5.74, 6) is -0.748. The summed E-state index contributed by atoms with van der Waals surface area (Å²) in [7, 11) is 1.16. The Labute approximate surface area is 148 Å². The Morgan fingerprint density at radius 2 is 2.12 bits per heavy atom. The van der Waals surface area contributed by atoms with Gasteiger partial charge in [0.15, 0.2) is 6.04 Å². The number of ether oxygens (including phenoxy) is 2. The van der Waals surface area contributed by atoms with Crippen LogP contribution in [0.3, 0.4) is 0 Å². The number of rotatable bonds is 7. The molecule has 0 unspecified atom stereocenters. The second-order valence-corrected chi connectivity index (χ2v) is 6.46. The van der Waals surface area contributed by atoms with E-state index in [9.17, 15) is 19.7 Å². The molecule has 1 aromatic heterocycles. The highest BCUT2D eigenvalue weighted by atomic mass is 32.2. The molecule has 138 valence electrons. The summed E-state index contributed by atoms with van der Waals surface area (Å²) in [5, 5.41) is 13.2. The zero-order valence-corrected chi connectivity index (χ0v) is 15.0. The second-order valence-electron chi connectivity index (χ2n) is 5.67. The zero-order valence-electron chi connectivity index (χ0n) is 14.2. The van der Waals surface area contributed by atoms with Crippen molar-refractivity contribution >= 4 is 29.8 Å². The number of nitro groups is 1. The van der Waals surface area contributed by atoms with Crippen molar-refractivity contribution in [3.8, 4) is 0 Å². The Hall–Kier alpha value is -2.40. The monoisotopic (exact) mass is 373 g/mol. The third kappa shape index (κ3) is 7.35. The van der Waals surface area contributed by atoms with Crippen molar-refractivity contribution in [2.45, 2.75) is 37.4 Å². The molecule has 0 bridgehead atoms. The molecule has 10 nitrogen and oxygen atoms in total. The standard InChI is InChI=1S/C14H19N3O7S/c1-14(2,3)24-13(19)16-9(12(18)22-4)8-23-25-11-10(17(20)21)6-5-7-15-11/h5-7,9H,8H2,1-4H3,(H,16,19)/t9-/m0/s1. The van der Waals surface area contributed by atoms with Crippen LogP contribution in [0.5, 0.6) is 0 Å². The fourth-order valence-corrected chi connectivity index (χ4v) is 2.15. The van der Waals surface area contributed by atoms with E-state index in [1.54, 1.807) is 20.8 Å². The van der Waals surface area contributed by atoms with Gasteiger partial charge in [-0.15, -0.1) is 0 Å². The van der Waals surface area contributed by atoms with Gasteiger partial charge in [0, 0.05) is 12.3 Å². The highest BCUT2D eigenvalue weighted by molar-refractivity contribution is 7.94. The van der Waals surface area contributed by atoms with Crippen LogP contribution in [0.1, 0.15) is 20.8 Å². The largest absolute Gasteiger partial charge is 0.467 e. The molecule has 0 spiro atoms. The van der Waals surface area contributed by atoms with E-state index in [0.29, 0.717) is 12.0 Å². The number of hydrogen-bond acceptors (Lipinski definition) is 9. The lowest BCUT2D eigenvalue weighted by Gasteiger charge is -2.22. The molecule has 1 aromatic rings. The van der Waals surface area contributed by atoms with Crippen molar-refractivity contribution in [2.24, 2.45) is 0 Å². The molecular formula is C14H19N3O7S. The number of hydrogen-bond donors (Lipinski definition) is 1. The predicted molar refractivity (Wildman–Crippen MR) is 87.9 cm³/mol. The fraction of sp³-hybridized carbons (Fsp3) is 0.500. The average molecular weight is 373 g/mol. The number of carbonyl (C=O) groups excluding carboxylic acids is 2. The number of aromatic nitrogens is 1. The zero-order chi connectivity index (χ0) is 19.0. The minimum atomic E-state index is -1.14. The molecule has 0 aliphatic rings. The maximum atomic E-state index is 11.8. The number of nitrogens with one attached hydrogen (secondary N) is 1. The first-order valence-electron chi connectivity index (χ1n) is 7.10. The molecule has 0 aliphatic carbocycles. The summed E-state index contributed by atoms with van der Waals surface area (Å²) in [6.07, 6.45) is 0.551. The van der Waals surface area contributed by atoms with Crippen molar-refractivity contribution in [1.82, 2.24) is 10.3 Å². The van der Waals surface area contributed by atoms with E-state index < -0.39 is 28.6 Å². The molecular weight excluding hydrogens is 354 g/mol. The van der Waals surface area contributed by atoms with Gasteiger partial charge in [0.1, 0.15) is 5.60 Å². The molecule has 0 aliphatic heterocycles. The highest BCUT2D eigenvalue weighted by Gasteiger charge is 2.26. The molecule has 1 atom stereocenters. The van der Waals surface area contributed by atoms with Gasteiger partial charge in [0.2, 0.25) is 5.03 Å². The molecule has 1 N–H and O–H groups in total. The van der Waals surface area contributed by atoms with Gasteiger partial charge >= 0.3 is 17.7 Å². The van der Waals surface area contributed by atoms with Crippen LogP contribution in [0.25, 0.3) is 0 Å². The Morgan fingerprint density at radius 3 is 2.68 bits per heavy atom. The van der Waals surface area contributed by atoms with E-state index in [-0.39, 0.29) is 17.3 Å².